The van der Waals surface area contributed by atoms with Gasteiger partial charge in [0.15, 0.2) is 5.58 Å². The summed E-state index contributed by atoms with van der Waals surface area (Å²) in [5.74, 6) is -3.23. The molecular formula is C22H17F2N3O3. The van der Waals surface area contributed by atoms with Gasteiger partial charge in [0, 0.05) is 18.2 Å². The van der Waals surface area contributed by atoms with E-state index in [9.17, 15) is 18.4 Å². The van der Waals surface area contributed by atoms with Crippen LogP contribution in [0, 0.1) is 11.6 Å². The van der Waals surface area contributed by atoms with E-state index < -0.39 is 28.9 Å². The fourth-order valence-electron chi connectivity index (χ4n) is 3.37. The van der Waals surface area contributed by atoms with Gasteiger partial charge < -0.3 is 9.73 Å². The van der Waals surface area contributed by atoms with Gasteiger partial charge in [-0.1, -0.05) is 19.1 Å². The molecule has 4 rings (SSSR count). The molecule has 2 aromatic carbocycles. The number of nitrogens with zero attached hydrogens (tertiary/aromatic N) is 2. The number of benzene rings is 2. The maximum absolute atomic E-state index is 13.8. The first-order chi connectivity index (χ1) is 14.4. The zero-order chi connectivity index (χ0) is 21.4. The number of halogens is 2. The molecule has 0 spiro atoms. The first-order valence-electron chi connectivity index (χ1n) is 9.24. The van der Waals surface area contributed by atoms with E-state index in [1.807, 2.05) is 13.0 Å². The van der Waals surface area contributed by atoms with Crippen LogP contribution in [0.1, 0.15) is 22.8 Å². The highest BCUT2D eigenvalue weighted by Crippen LogP contribution is 2.30. The Kier molecular flexibility index (Phi) is 4.91. The predicted octanol–water partition coefficient (Wildman–Crippen LogP) is 4.29. The lowest BCUT2D eigenvalue weighted by molar-refractivity contribution is 0.101. The lowest BCUT2D eigenvalue weighted by Gasteiger charge is -2.10. The van der Waals surface area contributed by atoms with Gasteiger partial charge in [0.25, 0.3) is 5.91 Å². The number of amides is 1. The molecule has 0 saturated heterocycles. The van der Waals surface area contributed by atoms with Gasteiger partial charge in [-0.3, -0.25) is 14.3 Å². The third-order valence-electron chi connectivity index (χ3n) is 4.90. The Morgan fingerprint density at radius 3 is 2.50 bits per heavy atom. The Morgan fingerprint density at radius 2 is 1.87 bits per heavy atom. The maximum Gasteiger partial charge on any atom is 0.419 e. The molecule has 2 aromatic heterocycles. The van der Waals surface area contributed by atoms with Gasteiger partial charge in [-0.05, 0) is 36.8 Å². The number of fused-ring (bicyclic) bond motifs is 1. The van der Waals surface area contributed by atoms with Crippen molar-refractivity contribution in [2.75, 3.05) is 5.32 Å². The number of nitrogens with one attached hydrogen (secondary N) is 1. The second kappa shape index (κ2) is 7.55. The summed E-state index contributed by atoms with van der Waals surface area (Å²) in [6.45, 7) is 1.95. The molecule has 0 radical (unpaired) electrons. The molecule has 30 heavy (non-hydrogen) atoms. The van der Waals surface area contributed by atoms with Crippen LogP contribution in [0.25, 0.3) is 22.4 Å². The normalized spacial score (nSPS) is 11.1. The third-order valence-corrected chi connectivity index (χ3v) is 4.90. The molecule has 6 nitrogen and oxygen atoms in total. The average molecular weight is 409 g/mol. The fraction of sp³-hybridized carbons (Fsp3) is 0.136. The Bertz CT molecular complexity index is 1300. The largest absolute Gasteiger partial charge is 0.419 e. The summed E-state index contributed by atoms with van der Waals surface area (Å²) < 4.78 is 34.4. The van der Waals surface area contributed by atoms with Crippen molar-refractivity contribution in [1.29, 1.82) is 0 Å². The van der Waals surface area contributed by atoms with E-state index >= 15 is 0 Å². The lowest BCUT2D eigenvalue weighted by Crippen LogP contribution is -2.15. The van der Waals surface area contributed by atoms with E-state index in [0.717, 1.165) is 23.3 Å². The number of carbonyl (C=O) groups is 1. The Hall–Kier alpha value is -3.81. The quantitative estimate of drug-likeness (QED) is 0.546. The van der Waals surface area contributed by atoms with E-state index in [-0.39, 0.29) is 5.69 Å². The van der Waals surface area contributed by atoms with Crippen LogP contribution < -0.4 is 11.1 Å². The van der Waals surface area contributed by atoms with Crippen molar-refractivity contribution in [2.24, 2.45) is 7.05 Å². The summed E-state index contributed by atoms with van der Waals surface area (Å²) in [5.41, 5.74) is 3.07. The standard InChI is InChI=1S/C22H17F2N3O3/c1-3-13-14(8-10-18-20(13)30-22(29)27(18)2)17-9-7-12(11-25-17)26-21(28)19-15(23)5-4-6-16(19)24/h4-11H,3H2,1-2H3,(H,26,28). The van der Waals surface area contributed by atoms with Crippen molar-refractivity contribution in [3.63, 3.8) is 0 Å². The molecule has 0 fully saturated rings. The Morgan fingerprint density at radius 1 is 1.13 bits per heavy atom. The average Bonchev–Trinajstić information content (AvgIpc) is 3.02. The summed E-state index contributed by atoms with van der Waals surface area (Å²) in [7, 11) is 1.64. The van der Waals surface area contributed by atoms with Gasteiger partial charge in [0.2, 0.25) is 0 Å². The second-order valence-corrected chi connectivity index (χ2v) is 6.70. The number of hydrogen-bond acceptors (Lipinski definition) is 4. The summed E-state index contributed by atoms with van der Waals surface area (Å²) in [4.78, 5) is 28.4. The Balaban J connectivity index is 1.66. The second-order valence-electron chi connectivity index (χ2n) is 6.70. The van der Waals surface area contributed by atoms with E-state index in [0.29, 0.717) is 23.2 Å². The van der Waals surface area contributed by atoms with E-state index in [1.165, 1.54) is 16.8 Å². The molecule has 2 heterocycles. The Labute approximate surface area is 169 Å². The van der Waals surface area contributed by atoms with Gasteiger partial charge in [-0.2, -0.15) is 0 Å². The van der Waals surface area contributed by atoms with E-state index in [4.69, 9.17) is 4.42 Å². The maximum atomic E-state index is 13.8. The zero-order valence-corrected chi connectivity index (χ0v) is 16.2. The van der Waals surface area contributed by atoms with Crippen molar-refractivity contribution >= 4 is 22.7 Å². The summed E-state index contributed by atoms with van der Waals surface area (Å²) in [6.07, 6.45) is 2.02. The number of rotatable bonds is 4. The monoisotopic (exact) mass is 409 g/mol. The summed E-state index contributed by atoms with van der Waals surface area (Å²) >= 11 is 0. The lowest BCUT2D eigenvalue weighted by atomic mass is 10.0. The predicted molar refractivity (Wildman–Crippen MR) is 108 cm³/mol. The molecule has 152 valence electrons. The minimum Gasteiger partial charge on any atom is -0.407 e. The SMILES string of the molecule is CCc1c(-c2ccc(NC(=O)c3c(F)cccc3F)cn2)ccc2c1oc(=O)n2C. The van der Waals surface area contributed by atoms with Crippen molar-refractivity contribution in [2.45, 2.75) is 13.3 Å². The van der Waals surface area contributed by atoms with Crippen molar-refractivity contribution in [3.8, 4) is 11.3 Å². The third kappa shape index (κ3) is 3.26. The van der Waals surface area contributed by atoms with Gasteiger partial charge in [-0.15, -0.1) is 0 Å². The van der Waals surface area contributed by atoms with Crippen molar-refractivity contribution < 1.29 is 18.0 Å². The minimum absolute atomic E-state index is 0.289. The van der Waals surface area contributed by atoms with E-state index in [1.54, 1.807) is 25.2 Å². The van der Waals surface area contributed by atoms with E-state index in [2.05, 4.69) is 10.3 Å². The van der Waals surface area contributed by atoms with Gasteiger partial charge in [-0.25, -0.2) is 13.6 Å². The minimum atomic E-state index is -0.942. The van der Waals surface area contributed by atoms with Gasteiger partial charge in [0.05, 0.1) is 23.1 Å². The summed E-state index contributed by atoms with van der Waals surface area (Å²) in [6, 6.07) is 10.1. The molecule has 4 aromatic rings. The molecular weight excluding hydrogens is 392 g/mol. The fourth-order valence-corrected chi connectivity index (χ4v) is 3.37. The molecule has 1 amide bonds. The van der Waals surface area contributed by atoms with Crippen molar-refractivity contribution in [1.82, 2.24) is 9.55 Å². The first kappa shape index (κ1) is 19.5. The number of carbonyl (C=O) groups excluding carboxylic acids is 1. The van der Waals surface area contributed by atoms with Crippen molar-refractivity contribution in [3.05, 3.63) is 82.0 Å². The molecule has 1 N–H and O–H groups in total. The van der Waals surface area contributed by atoms with Gasteiger partial charge in [0.1, 0.15) is 17.2 Å². The molecule has 8 heteroatoms. The van der Waals surface area contributed by atoms with Crippen LogP contribution in [0.15, 0.2) is 57.9 Å². The number of anilines is 1. The number of hydrogen-bond donors (Lipinski definition) is 1. The molecule has 0 atom stereocenters. The zero-order valence-electron chi connectivity index (χ0n) is 16.2. The highest BCUT2D eigenvalue weighted by Gasteiger charge is 2.18. The molecule has 0 unspecified atom stereocenters. The highest BCUT2D eigenvalue weighted by atomic mass is 19.1. The first-order valence-corrected chi connectivity index (χ1v) is 9.24. The molecule has 0 aliphatic rings. The van der Waals surface area contributed by atoms with Crippen LogP contribution in [0.5, 0.6) is 0 Å². The van der Waals surface area contributed by atoms with Crippen LogP contribution in [0.3, 0.4) is 0 Å². The smallest absolute Gasteiger partial charge is 0.407 e. The summed E-state index contributed by atoms with van der Waals surface area (Å²) in [5, 5.41) is 2.44. The molecule has 0 bridgehead atoms. The number of aromatic nitrogens is 2. The van der Waals surface area contributed by atoms with Crippen LogP contribution in [0.2, 0.25) is 0 Å². The van der Waals surface area contributed by atoms with Crippen LogP contribution >= 0.6 is 0 Å². The van der Waals surface area contributed by atoms with Crippen LogP contribution in [-0.2, 0) is 13.5 Å². The van der Waals surface area contributed by atoms with Gasteiger partial charge >= 0.3 is 5.76 Å². The molecule has 0 saturated carbocycles. The number of pyridine rings is 1. The highest BCUT2D eigenvalue weighted by molar-refractivity contribution is 6.04. The molecule has 0 aliphatic heterocycles. The number of aryl methyl sites for hydroxylation is 2. The van der Waals surface area contributed by atoms with Crippen LogP contribution in [0.4, 0.5) is 14.5 Å². The topological polar surface area (TPSA) is 77.1 Å². The van der Waals surface area contributed by atoms with Crippen LogP contribution in [-0.4, -0.2) is 15.5 Å². The number of oxazole rings is 1. The molecule has 0 aliphatic carbocycles.